The van der Waals surface area contributed by atoms with Crippen molar-refractivity contribution < 1.29 is 24.5 Å². The van der Waals surface area contributed by atoms with Gasteiger partial charge in [0.15, 0.2) is 5.54 Å². The molecule has 0 radical (unpaired) electrons. The van der Waals surface area contributed by atoms with Gasteiger partial charge in [-0.2, -0.15) is 0 Å². The molecule has 1 aromatic rings. The van der Waals surface area contributed by atoms with Crippen molar-refractivity contribution in [1.29, 1.82) is 0 Å². The molecule has 1 aliphatic heterocycles. The number of carbonyl (C=O) groups excluding carboxylic acids is 1. The van der Waals surface area contributed by atoms with E-state index in [1.54, 1.807) is 13.0 Å². The zero-order valence-corrected chi connectivity index (χ0v) is 10.5. The van der Waals surface area contributed by atoms with Crippen LogP contribution in [0.3, 0.4) is 0 Å². The van der Waals surface area contributed by atoms with Crippen LogP contribution in [0.4, 0.5) is 0 Å². The van der Waals surface area contributed by atoms with Gasteiger partial charge in [-0.25, -0.2) is 4.79 Å². The Kier molecular flexibility index (Phi) is 3.44. The van der Waals surface area contributed by atoms with Gasteiger partial charge < -0.3 is 20.3 Å². The number of carboxylic acid groups (broad SMARTS) is 1. The summed E-state index contributed by atoms with van der Waals surface area (Å²) in [6, 6.07) is 4.58. The van der Waals surface area contributed by atoms with E-state index in [4.69, 9.17) is 4.74 Å². The van der Waals surface area contributed by atoms with Crippen LogP contribution in [0.15, 0.2) is 18.2 Å². The Bertz CT molecular complexity index is 520. The Labute approximate surface area is 110 Å². The van der Waals surface area contributed by atoms with E-state index in [0.717, 1.165) is 5.56 Å². The molecule has 1 fully saturated rings. The van der Waals surface area contributed by atoms with E-state index in [9.17, 15) is 19.8 Å². The van der Waals surface area contributed by atoms with Crippen molar-refractivity contribution in [2.75, 3.05) is 13.2 Å². The Morgan fingerprint density at radius 1 is 1.42 bits per heavy atom. The van der Waals surface area contributed by atoms with Crippen molar-refractivity contribution >= 4 is 11.9 Å². The van der Waals surface area contributed by atoms with Crippen LogP contribution in [0, 0.1) is 6.92 Å². The Morgan fingerprint density at radius 2 is 2.16 bits per heavy atom. The second kappa shape index (κ2) is 4.89. The number of nitrogens with one attached hydrogen (secondary N) is 1. The predicted molar refractivity (Wildman–Crippen MR) is 66.1 cm³/mol. The Balaban J connectivity index is 2.25. The average Bonchev–Trinajstić information content (AvgIpc) is 2.82. The highest BCUT2D eigenvalue weighted by atomic mass is 16.5. The summed E-state index contributed by atoms with van der Waals surface area (Å²) in [4.78, 5) is 23.4. The van der Waals surface area contributed by atoms with E-state index < -0.39 is 17.4 Å². The van der Waals surface area contributed by atoms with Crippen LogP contribution < -0.4 is 5.32 Å². The molecule has 1 atom stereocenters. The van der Waals surface area contributed by atoms with Gasteiger partial charge in [0.25, 0.3) is 5.91 Å². The van der Waals surface area contributed by atoms with Crippen LogP contribution in [-0.4, -0.2) is 40.8 Å². The van der Waals surface area contributed by atoms with E-state index in [-0.39, 0.29) is 30.9 Å². The predicted octanol–water partition coefficient (Wildman–Crippen LogP) is 0.674. The topological polar surface area (TPSA) is 95.9 Å². The number of aryl methyl sites for hydroxylation is 1. The van der Waals surface area contributed by atoms with Crippen LogP contribution in [-0.2, 0) is 9.53 Å². The number of amides is 1. The quantitative estimate of drug-likeness (QED) is 0.746. The third kappa shape index (κ3) is 2.53. The highest BCUT2D eigenvalue weighted by molar-refractivity contribution is 6.00. The molecule has 2 rings (SSSR count). The number of carbonyl (C=O) groups is 2. The molecule has 0 spiro atoms. The van der Waals surface area contributed by atoms with Crippen LogP contribution >= 0.6 is 0 Å². The van der Waals surface area contributed by atoms with E-state index in [2.05, 4.69) is 5.32 Å². The van der Waals surface area contributed by atoms with Gasteiger partial charge in [0.1, 0.15) is 5.75 Å². The van der Waals surface area contributed by atoms with Gasteiger partial charge in [-0.05, 0) is 19.1 Å². The van der Waals surface area contributed by atoms with Crippen LogP contribution in [0.25, 0.3) is 0 Å². The van der Waals surface area contributed by atoms with Gasteiger partial charge >= 0.3 is 5.97 Å². The average molecular weight is 265 g/mol. The zero-order chi connectivity index (χ0) is 14.0. The van der Waals surface area contributed by atoms with Crippen molar-refractivity contribution in [2.24, 2.45) is 0 Å². The van der Waals surface area contributed by atoms with Gasteiger partial charge in [-0.15, -0.1) is 0 Å². The summed E-state index contributed by atoms with van der Waals surface area (Å²) in [5.41, 5.74) is -0.546. The second-order valence-corrected chi connectivity index (χ2v) is 4.66. The number of ether oxygens (including phenoxy) is 1. The van der Waals surface area contributed by atoms with Crippen LogP contribution in [0.1, 0.15) is 22.3 Å². The minimum atomic E-state index is -1.41. The molecule has 0 saturated carbocycles. The molecule has 1 heterocycles. The number of phenols is 1. The van der Waals surface area contributed by atoms with E-state index in [0.29, 0.717) is 0 Å². The number of carboxylic acids is 1. The van der Waals surface area contributed by atoms with Gasteiger partial charge in [0.05, 0.1) is 12.2 Å². The van der Waals surface area contributed by atoms with Crippen molar-refractivity contribution in [2.45, 2.75) is 18.9 Å². The lowest BCUT2D eigenvalue weighted by atomic mass is 9.98. The first kappa shape index (κ1) is 13.4. The van der Waals surface area contributed by atoms with Crippen molar-refractivity contribution in [3.63, 3.8) is 0 Å². The molecule has 1 aromatic carbocycles. The summed E-state index contributed by atoms with van der Waals surface area (Å²) < 4.78 is 5.05. The second-order valence-electron chi connectivity index (χ2n) is 4.66. The molecular formula is C13H15NO5. The third-order valence-electron chi connectivity index (χ3n) is 3.18. The largest absolute Gasteiger partial charge is 0.507 e. The number of aliphatic carboxylic acids is 1. The monoisotopic (exact) mass is 265 g/mol. The smallest absolute Gasteiger partial charge is 0.331 e. The molecule has 1 aliphatic rings. The number of aromatic hydroxyl groups is 1. The Morgan fingerprint density at radius 3 is 2.74 bits per heavy atom. The van der Waals surface area contributed by atoms with Crippen LogP contribution in [0.2, 0.25) is 0 Å². The number of hydrogen-bond donors (Lipinski definition) is 3. The summed E-state index contributed by atoms with van der Waals surface area (Å²) in [5, 5.41) is 21.3. The first-order valence-corrected chi connectivity index (χ1v) is 5.88. The lowest BCUT2D eigenvalue weighted by Gasteiger charge is -2.23. The van der Waals surface area contributed by atoms with E-state index in [1.807, 2.05) is 0 Å². The van der Waals surface area contributed by atoms with Crippen LogP contribution in [0.5, 0.6) is 5.75 Å². The molecule has 6 heteroatoms. The molecule has 0 aliphatic carbocycles. The molecule has 19 heavy (non-hydrogen) atoms. The van der Waals surface area contributed by atoms with Gasteiger partial charge in [0, 0.05) is 13.0 Å². The molecule has 0 bridgehead atoms. The van der Waals surface area contributed by atoms with Gasteiger partial charge in [-0.3, -0.25) is 4.79 Å². The number of benzene rings is 1. The fourth-order valence-corrected chi connectivity index (χ4v) is 2.00. The third-order valence-corrected chi connectivity index (χ3v) is 3.18. The first-order valence-electron chi connectivity index (χ1n) is 5.88. The highest BCUT2D eigenvalue weighted by Crippen LogP contribution is 2.23. The molecule has 0 aromatic heterocycles. The van der Waals surface area contributed by atoms with Gasteiger partial charge in [0.2, 0.25) is 0 Å². The summed E-state index contributed by atoms with van der Waals surface area (Å²) >= 11 is 0. The van der Waals surface area contributed by atoms with Crippen molar-refractivity contribution in [3.05, 3.63) is 29.3 Å². The minimum Gasteiger partial charge on any atom is -0.507 e. The molecular weight excluding hydrogens is 250 g/mol. The minimum absolute atomic E-state index is 0.0625. The van der Waals surface area contributed by atoms with E-state index >= 15 is 0 Å². The Hall–Kier alpha value is -2.08. The fraction of sp³-hybridized carbons (Fsp3) is 0.385. The summed E-state index contributed by atoms with van der Waals surface area (Å²) in [7, 11) is 0. The number of hydrogen-bond acceptors (Lipinski definition) is 4. The molecule has 102 valence electrons. The maximum Gasteiger partial charge on any atom is 0.331 e. The summed E-state index contributed by atoms with van der Waals surface area (Å²) in [6.07, 6.45) is 0.209. The van der Waals surface area contributed by atoms with Crippen molar-refractivity contribution in [3.8, 4) is 5.75 Å². The normalized spacial score (nSPS) is 22.2. The first-order chi connectivity index (χ1) is 8.94. The standard InChI is InChI=1S/C13H15NO5/c1-8-2-3-10(15)9(6-8)11(16)14-13(12(17)18)4-5-19-7-13/h2-3,6,15H,4-5,7H2,1H3,(H,14,16)(H,17,18). The highest BCUT2D eigenvalue weighted by Gasteiger charge is 2.44. The van der Waals surface area contributed by atoms with Crippen molar-refractivity contribution in [1.82, 2.24) is 5.32 Å². The fourth-order valence-electron chi connectivity index (χ4n) is 2.00. The lowest BCUT2D eigenvalue weighted by Crippen LogP contribution is -2.55. The lowest BCUT2D eigenvalue weighted by molar-refractivity contribution is -0.144. The molecule has 1 saturated heterocycles. The maximum absolute atomic E-state index is 12.1. The number of rotatable bonds is 3. The SMILES string of the molecule is Cc1ccc(O)c(C(=O)NC2(C(=O)O)CCOC2)c1. The maximum atomic E-state index is 12.1. The molecule has 1 amide bonds. The van der Waals surface area contributed by atoms with Gasteiger partial charge in [-0.1, -0.05) is 11.6 Å². The number of phenolic OH excluding ortho intramolecular Hbond substituents is 1. The van der Waals surface area contributed by atoms with E-state index in [1.165, 1.54) is 12.1 Å². The molecule has 1 unspecified atom stereocenters. The summed E-state index contributed by atoms with van der Waals surface area (Å²) in [5.74, 6) is -1.93. The summed E-state index contributed by atoms with van der Waals surface area (Å²) in [6.45, 7) is 1.99. The molecule has 6 nitrogen and oxygen atoms in total. The molecule has 3 N–H and O–H groups in total. The zero-order valence-electron chi connectivity index (χ0n) is 10.5.